The summed E-state index contributed by atoms with van der Waals surface area (Å²) < 4.78 is 0.755. The number of anilines is 1. The van der Waals surface area contributed by atoms with Gasteiger partial charge in [0, 0.05) is 16.2 Å². The second-order valence-electron chi connectivity index (χ2n) is 4.45. The highest BCUT2D eigenvalue weighted by Crippen LogP contribution is 2.31. The Morgan fingerprint density at radius 2 is 2.31 bits per heavy atom. The van der Waals surface area contributed by atoms with Crippen LogP contribution in [0.15, 0.2) is 16.7 Å². The molecule has 0 aromatic carbocycles. The van der Waals surface area contributed by atoms with Crippen LogP contribution in [0.5, 0.6) is 0 Å². The number of hydrogen-bond donors (Lipinski definition) is 2. The molecule has 4 nitrogen and oxygen atoms in total. The van der Waals surface area contributed by atoms with Crippen molar-refractivity contribution in [3.8, 4) is 0 Å². The second kappa shape index (κ2) is 4.05. The first-order chi connectivity index (χ1) is 7.50. The molecule has 0 aliphatic heterocycles. The van der Waals surface area contributed by atoms with Gasteiger partial charge in [0.15, 0.2) is 0 Å². The number of rotatable bonds is 2. The Bertz CT molecular complexity index is 429. The van der Waals surface area contributed by atoms with E-state index in [1.165, 1.54) is 6.42 Å². The molecule has 1 heterocycles. The first-order valence-corrected chi connectivity index (χ1v) is 6.03. The summed E-state index contributed by atoms with van der Waals surface area (Å²) in [5, 5.41) is 3.00. The molecule has 1 aliphatic carbocycles. The molecule has 0 saturated heterocycles. The molecule has 16 heavy (non-hydrogen) atoms. The predicted octanol–water partition coefficient (Wildman–Crippen LogP) is 2.10. The molecule has 0 atom stereocenters. The third kappa shape index (κ3) is 2.19. The Morgan fingerprint density at radius 1 is 1.62 bits per heavy atom. The van der Waals surface area contributed by atoms with Crippen LogP contribution in [0.4, 0.5) is 5.82 Å². The fourth-order valence-corrected chi connectivity index (χ4v) is 2.14. The van der Waals surface area contributed by atoms with Crippen LogP contribution in [0.25, 0.3) is 0 Å². The first kappa shape index (κ1) is 11.4. The molecule has 1 aliphatic rings. The predicted molar refractivity (Wildman–Crippen MR) is 66.1 cm³/mol. The highest BCUT2D eigenvalue weighted by Gasteiger charge is 2.33. The molecule has 3 N–H and O–H groups in total. The molecule has 5 heteroatoms. The first-order valence-electron chi connectivity index (χ1n) is 5.24. The molecule has 1 fully saturated rings. The van der Waals surface area contributed by atoms with E-state index in [0.717, 1.165) is 17.3 Å². The lowest BCUT2D eigenvalue weighted by atomic mass is 9.78. The summed E-state index contributed by atoms with van der Waals surface area (Å²) in [6.07, 6.45) is 4.81. The summed E-state index contributed by atoms with van der Waals surface area (Å²) >= 11 is 3.28. The second-order valence-corrected chi connectivity index (χ2v) is 5.37. The summed E-state index contributed by atoms with van der Waals surface area (Å²) in [6, 6.07) is 1.69. The molecule has 0 bridgehead atoms. The van der Waals surface area contributed by atoms with Gasteiger partial charge in [0.2, 0.25) is 0 Å². The van der Waals surface area contributed by atoms with Gasteiger partial charge in [-0.25, -0.2) is 4.98 Å². The lowest BCUT2D eigenvalue weighted by molar-refractivity contribution is 0.0851. The maximum absolute atomic E-state index is 12.0. The maximum Gasteiger partial charge on any atom is 0.255 e. The summed E-state index contributed by atoms with van der Waals surface area (Å²) in [5.41, 5.74) is 6.05. The van der Waals surface area contributed by atoms with E-state index in [1.54, 1.807) is 12.3 Å². The van der Waals surface area contributed by atoms with Crippen molar-refractivity contribution in [2.45, 2.75) is 31.7 Å². The fourth-order valence-electron chi connectivity index (χ4n) is 1.81. The quantitative estimate of drug-likeness (QED) is 0.873. The van der Waals surface area contributed by atoms with E-state index in [4.69, 9.17) is 5.73 Å². The topological polar surface area (TPSA) is 68.0 Å². The minimum absolute atomic E-state index is 0.0636. The molecule has 1 amide bonds. The van der Waals surface area contributed by atoms with E-state index in [9.17, 15) is 4.79 Å². The molecule has 86 valence electrons. The summed E-state index contributed by atoms with van der Waals surface area (Å²) in [6.45, 7) is 2.05. The van der Waals surface area contributed by atoms with E-state index in [0.29, 0.717) is 5.56 Å². The molecule has 0 radical (unpaired) electrons. The van der Waals surface area contributed by atoms with Gasteiger partial charge in [-0.05, 0) is 48.2 Å². The van der Waals surface area contributed by atoms with Crippen molar-refractivity contribution >= 4 is 27.7 Å². The molecular formula is C11H14BrN3O. The van der Waals surface area contributed by atoms with E-state index >= 15 is 0 Å². The average molecular weight is 284 g/mol. The lowest BCUT2D eigenvalue weighted by Crippen LogP contribution is -2.51. The fraction of sp³-hybridized carbons (Fsp3) is 0.455. The van der Waals surface area contributed by atoms with Crippen molar-refractivity contribution in [2.75, 3.05) is 5.73 Å². The van der Waals surface area contributed by atoms with Crippen molar-refractivity contribution in [2.24, 2.45) is 0 Å². The Balaban J connectivity index is 2.17. The van der Waals surface area contributed by atoms with Crippen molar-refractivity contribution in [1.29, 1.82) is 0 Å². The van der Waals surface area contributed by atoms with Crippen molar-refractivity contribution in [1.82, 2.24) is 10.3 Å². The Morgan fingerprint density at radius 3 is 2.88 bits per heavy atom. The average Bonchev–Trinajstić information content (AvgIpc) is 2.19. The number of amides is 1. The Hall–Kier alpha value is -1.10. The number of nitrogen functional groups attached to an aromatic ring is 1. The number of carbonyl (C=O) groups excluding carboxylic acids is 1. The van der Waals surface area contributed by atoms with Gasteiger partial charge >= 0.3 is 0 Å². The molecular weight excluding hydrogens is 270 g/mol. The molecule has 1 saturated carbocycles. The van der Waals surface area contributed by atoms with Gasteiger partial charge < -0.3 is 11.1 Å². The Kier molecular flexibility index (Phi) is 2.88. The summed E-state index contributed by atoms with van der Waals surface area (Å²) in [7, 11) is 0. The monoisotopic (exact) mass is 283 g/mol. The number of nitrogens with zero attached hydrogens (tertiary/aromatic N) is 1. The van der Waals surface area contributed by atoms with Crippen LogP contribution >= 0.6 is 15.9 Å². The van der Waals surface area contributed by atoms with E-state index in [2.05, 4.69) is 33.2 Å². The van der Waals surface area contributed by atoms with Crippen molar-refractivity contribution in [3.63, 3.8) is 0 Å². The van der Waals surface area contributed by atoms with Crippen LogP contribution < -0.4 is 11.1 Å². The normalized spacial score (nSPS) is 17.6. The minimum Gasteiger partial charge on any atom is -0.383 e. The molecule has 1 aromatic heterocycles. The van der Waals surface area contributed by atoms with Gasteiger partial charge in [-0.1, -0.05) is 0 Å². The van der Waals surface area contributed by atoms with Gasteiger partial charge in [-0.2, -0.15) is 0 Å². The standard InChI is InChI=1S/C11H14BrN3O/c1-11(3-2-4-11)15-10(16)8-5-7(12)6-14-9(8)13/h5-6H,2-4H2,1H3,(H2,13,14)(H,15,16). The smallest absolute Gasteiger partial charge is 0.255 e. The molecule has 2 rings (SSSR count). The summed E-state index contributed by atoms with van der Waals surface area (Å²) in [4.78, 5) is 15.9. The molecule has 0 spiro atoms. The largest absolute Gasteiger partial charge is 0.383 e. The van der Waals surface area contributed by atoms with E-state index in [-0.39, 0.29) is 17.3 Å². The number of halogens is 1. The zero-order valence-corrected chi connectivity index (χ0v) is 10.7. The minimum atomic E-state index is -0.145. The maximum atomic E-state index is 12.0. The van der Waals surface area contributed by atoms with E-state index < -0.39 is 0 Å². The van der Waals surface area contributed by atoms with Crippen molar-refractivity contribution in [3.05, 3.63) is 22.3 Å². The zero-order valence-electron chi connectivity index (χ0n) is 9.09. The Labute approximate surface area is 103 Å². The van der Waals surface area contributed by atoms with Crippen LogP contribution in [0.3, 0.4) is 0 Å². The number of hydrogen-bond acceptors (Lipinski definition) is 3. The SMILES string of the molecule is CC1(NC(=O)c2cc(Br)cnc2N)CCC1. The number of nitrogens with one attached hydrogen (secondary N) is 1. The third-order valence-electron chi connectivity index (χ3n) is 3.00. The van der Waals surface area contributed by atoms with Crippen LogP contribution in [0, 0.1) is 0 Å². The van der Waals surface area contributed by atoms with Crippen LogP contribution in [-0.2, 0) is 0 Å². The van der Waals surface area contributed by atoms with Gasteiger partial charge in [0.1, 0.15) is 5.82 Å². The van der Waals surface area contributed by atoms with Gasteiger partial charge in [0.05, 0.1) is 5.56 Å². The van der Waals surface area contributed by atoms with Gasteiger partial charge in [-0.3, -0.25) is 4.79 Å². The number of carbonyl (C=O) groups is 1. The zero-order chi connectivity index (χ0) is 11.8. The van der Waals surface area contributed by atoms with Gasteiger partial charge in [0.25, 0.3) is 5.91 Å². The molecule has 0 unspecified atom stereocenters. The lowest BCUT2D eigenvalue weighted by Gasteiger charge is -2.39. The van der Waals surface area contributed by atoms with Crippen molar-refractivity contribution < 1.29 is 4.79 Å². The number of aromatic nitrogens is 1. The highest BCUT2D eigenvalue weighted by molar-refractivity contribution is 9.10. The van der Waals surface area contributed by atoms with Crippen LogP contribution in [0.1, 0.15) is 36.5 Å². The van der Waals surface area contributed by atoms with Crippen LogP contribution in [0.2, 0.25) is 0 Å². The highest BCUT2D eigenvalue weighted by atomic mass is 79.9. The van der Waals surface area contributed by atoms with Crippen LogP contribution in [-0.4, -0.2) is 16.4 Å². The number of nitrogens with two attached hydrogens (primary N) is 1. The number of pyridine rings is 1. The third-order valence-corrected chi connectivity index (χ3v) is 3.44. The van der Waals surface area contributed by atoms with E-state index in [1.807, 2.05) is 0 Å². The summed E-state index contributed by atoms with van der Waals surface area (Å²) in [5.74, 6) is 0.122. The van der Waals surface area contributed by atoms with Gasteiger partial charge in [-0.15, -0.1) is 0 Å². The molecule has 1 aromatic rings.